The maximum atomic E-state index is 5.01. The highest BCUT2D eigenvalue weighted by molar-refractivity contribution is 6.05. The first kappa shape index (κ1) is 21.1. The van der Waals surface area contributed by atoms with Crippen molar-refractivity contribution in [2.45, 2.75) is 41.5 Å². The number of fused-ring (bicyclic) bond motifs is 1. The molecular formula is C26H29N7. The molecule has 3 aromatic rings. The molecule has 33 heavy (non-hydrogen) atoms. The van der Waals surface area contributed by atoms with Crippen molar-refractivity contribution >= 4 is 11.9 Å². The lowest BCUT2D eigenvalue weighted by Crippen LogP contribution is -2.27. The van der Waals surface area contributed by atoms with Crippen molar-refractivity contribution in [1.82, 2.24) is 29.4 Å². The van der Waals surface area contributed by atoms with Gasteiger partial charge in [0.15, 0.2) is 11.6 Å². The molecule has 2 aliphatic rings. The van der Waals surface area contributed by atoms with Gasteiger partial charge in [-0.2, -0.15) is 10.2 Å². The van der Waals surface area contributed by atoms with Crippen LogP contribution in [0.25, 0.3) is 17.7 Å². The van der Waals surface area contributed by atoms with Crippen LogP contribution in [0.15, 0.2) is 58.9 Å². The summed E-state index contributed by atoms with van der Waals surface area (Å²) in [5.74, 6) is 2.52. The first-order valence-corrected chi connectivity index (χ1v) is 11.2. The van der Waals surface area contributed by atoms with Gasteiger partial charge in [0.1, 0.15) is 5.84 Å². The van der Waals surface area contributed by atoms with Gasteiger partial charge in [0, 0.05) is 35.6 Å². The van der Waals surface area contributed by atoms with E-state index in [1.54, 1.807) is 0 Å². The van der Waals surface area contributed by atoms with E-state index in [-0.39, 0.29) is 5.41 Å². The molecule has 0 bridgehead atoms. The number of amidine groups is 1. The van der Waals surface area contributed by atoms with Gasteiger partial charge in [0.05, 0.1) is 17.1 Å². The van der Waals surface area contributed by atoms with Gasteiger partial charge in [-0.1, -0.05) is 19.9 Å². The Balaban J connectivity index is 1.69. The van der Waals surface area contributed by atoms with Crippen LogP contribution >= 0.6 is 0 Å². The van der Waals surface area contributed by atoms with Crippen LogP contribution in [0, 0.1) is 33.1 Å². The Morgan fingerprint density at radius 1 is 0.848 bits per heavy atom. The highest BCUT2D eigenvalue weighted by atomic mass is 15.4. The van der Waals surface area contributed by atoms with Gasteiger partial charge in [-0.15, -0.1) is 0 Å². The van der Waals surface area contributed by atoms with Crippen LogP contribution in [-0.2, 0) is 0 Å². The van der Waals surface area contributed by atoms with Crippen molar-refractivity contribution in [2.75, 3.05) is 7.05 Å². The number of aliphatic imine (C=N–C) groups is 1. The molecule has 0 N–H and O–H groups in total. The van der Waals surface area contributed by atoms with Crippen molar-refractivity contribution in [3.05, 3.63) is 82.2 Å². The highest BCUT2D eigenvalue weighted by Gasteiger charge is 2.38. The lowest BCUT2D eigenvalue weighted by atomic mass is 9.81. The predicted octanol–water partition coefficient (Wildman–Crippen LogP) is 4.85. The molecule has 2 aliphatic heterocycles. The van der Waals surface area contributed by atoms with Gasteiger partial charge in [-0.3, -0.25) is 0 Å². The Morgan fingerprint density at radius 2 is 1.42 bits per heavy atom. The summed E-state index contributed by atoms with van der Waals surface area (Å²) in [6.07, 6.45) is 8.43. The van der Waals surface area contributed by atoms with Crippen LogP contribution in [0.5, 0.6) is 0 Å². The molecule has 0 aliphatic carbocycles. The summed E-state index contributed by atoms with van der Waals surface area (Å²) in [5, 5.41) is 9.33. The van der Waals surface area contributed by atoms with E-state index >= 15 is 0 Å². The third-order valence-corrected chi connectivity index (χ3v) is 6.26. The van der Waals surface area contributed by atoms with Gasteiger partial charge < -0.3 is 4.90 Å². The number of rotatable bonds is 3. The topological polar surface area (TPSA) is 64.1 Å². The van der Waals surface area contributed by atoms with Crippen LogP contribution in [0.3, 0.4) is 0 Å². The van der Waals surface area contributed by atoms with E-state index < -0.39 is 0 Å². The van der Waals surface area contributed by atoms with Crippen molar-refractivity contribution in [3.8, 4) is 11.6 Å². The molecule has 5 rings (SSSR count). The van der Waals surface area contributed by atoms with Crippen LogP contribution in [-0.4, -0.2) is 42.3 Å². The van der Waals surface area contributed by atoms with Crippen molar-refractivity contribution in [2.24, 2.45) is 10.4 Å². The molecule has 0 radical (unpaired) electrons. The number of aryl methyl sites for hydroxylation is 4. The van der Waals surface area contributed by atoms with E-state index in [9.17, 15) is 0 Å². The summed E-state index contributed by atoms with van der Waals surface area (Å²) in [4.78, 5) is 12.0. The smallest absolute Gasteiger partial charge is 0.156 e. The molecule has 0 saturated heterocycles. The molecule has 0 atom stereocenters. The summed E-state index contributed by atoms with van der Waals surface area (Å²) in [6.45, 7) is 12.5. The Labute approximate surface area is 194 Å². The average Bonchev–Trinajstić information content (AvgIpc) is 3.35. The number of likely N-dealkylation sites (N-methyl/N-ethyl adjacent to an activating group) is 1. The average molecular weight is 440 g/mol. The van der Waals surface area contributed by atoms with Crippen molar-refractivity contribution < 1.29 is 0 Å². The summed E-state index contributed by atoms with van der Waals surface area (Å²) in [5.41, 5.74) is 7.05. The molecule has 5 heterocycles. The Morgan fingerprint density at radius 3 is 1.91 bits per heavy atom. The van der Waals surface area contributed by atoms with Gasteiger partial charge >= 0.3 is 0 Å². The van der Waals surface area contributed by atoms with Gasteiger partial charge in [0.2, 0.25) is 0 Å². The number of aromatic nitrogens is 5. The summed E-state index contributed by atoms with van der Waals surface area (Å²) < 4.78 is 3.77. The van der Waals surface area contributed by atoms with Gasteiger partial charge in [0.25, 0.3) is 0 Å². The minimum atomic E-state index is -0.200. The zero-order chi connectivity index (χ0) is 23.5. The molecule has 0 amide bonds. The van der Waals surface area contributed by atoms with E-state index in [0.717, 1.165) is 51.5 Å². The van der Waals surface area contributed by atoms with Crippen LogP contribution in [0.1, 0.15) is 42.2 Å². The van der Waals surface area contributed by atoms with Crippen molar-refractivity contribution in [1.29, 1.82) is 0 Å². The lowest BCUT2D eigenvalue weighted by molar-refractivity contribution is 0.566. The number of pyridine rings is 1. The maximum Gasteiger partial charge on any atom is 0.156 e. The highest BCUT2D eigenvalue weighted by Crippen LogP contribution is 2.44. The van der Waals surface area contributed by atoms with Crippen LogP contribution in [0.4, 0.5) is 0 Å². The second-order valence-corrected chi connectivity index (χ2v) is 9.42. The number of hydrogen-bond acceptors (Lipinski definition) is 5. The Bertz CT molecular complexity index is 1330. The van der Waals surface area contributed by atoms with E-state index in [2.05, 4.69) is 71.4 Å². The van der Waals surface area contributed by atoms with Gasteiger partial charge in [-0.25, -0.2) is 19.3 Å². The quantitative estimate of drug-likeness (QED) is 0.585. The third-order valence-electron chi connectivity index (χ3n) is 6.26. The molecule has 0 unspecified atom stereocenters. The minimum Gasteiger partial charge on any atom is -0.336 e. The first-order chi connectivity index (χ1) is 15.6. The summed E-state index contributed by atoms with van der Waals surface area (Å²) in [7, 11) is 2.04. The number of allylic oxidation sites excluding steroid dienone is 3. The normalized spacial score (nSPS) is 18.0. The minimum absolute atomic E-state index is 0.200. The maximum absolute atomic E-state index is 5.01. The largest absolute Gasteiger partial charge is 0.336 e. The van der Waals surface area contributed by atoms with E-state index in [0.29, 0.717) is 0 Å². The third kappa shape index (κ3) is 3.53. The SMILES string of the molecule is Cc1cc(C)n(-c2cc(C=C3N=C4C(=CC=CN4C)C3(C)C)cc(-n3nc(C)cc3C)n2)n1. The van der Waals surface area contributed by atoms with E-state index in [1.807, 2.05) is 50.3 Å². The molecular weight excluding hydrogens is 410 g/mol. The molecule has 0 spiro atoms. The van der Waals surface area contributed by atoms with Crippen LogP contribution < -0.4 is 0 Å². The van der Waals surface area contributed by atoms with Crippen LogP contribution in [0.2, 0.25) is 0 Å². The predicted molar refractivity (Wildman–Crippen MR) is 132 cm³/mol. The molecule has 168 valence electrons. The second-order valence-electron chi connectivity index (χ2n) is 9.42. The Kier molecular flexibility index (Phi) is 4.74. The van der Waals surface area contributed by atoms with E-state index in [4.69, 9.17) is 9.98 Å². The molecule has 0 fully saturated rings. The molecule has 0 saturated carbocycles. The van der Waals surface area contributed by atoms with E-state index in [1.165, 1.54) is 5.57 Å². The monoisotopic (exact) mass is 439 g/mol. The standard InChI is InChI=1S/C26H29N7/c1-16-11-18(3)32(29-16)23-14-20(15-24(28-23)33-19(4)12-17(2)30-33)13-22-26(5,6)21-9-8-10-31(7)25(21)27-22/h8-15H,1-7H3. The fourth-order valence-corrected chi connectivity index (χ4v) is 4.54. The van der Waals surface area contributed by atoms with Crippen molar-refractivity contribution in [3.63, 3.8) is 0 Å². The molecule has 7 heteroatoms. The number of nitrogens with zero attached hydrogens (tertiary/aromatic N) is 7. The number of hydrogen-bond donors (Lipinski definition) is 0. The fraction of sp³-hybridized carbons (Fsp3) is 0.308. The fourth-order valence-electron chi connectivity index (χ4n) is 4.54. The molecule has 3 aromatic heterocycles. The first-order valence-electron chi connectivity index (χ1n) is 11.2. The summed E-state index contributed by atoms with van der Waals surface area (Å²) in [6, 6.07) is 8.25. The zero-order valence-electron chi connectivity index (χ0n) is 20.2. The zero-order valence-corrected chi connectivity index (χ0v) is 20.2. The molecule has 0 aromatic carbocycles. The Hall–Kier alpha value is -3.74. The second kappa shape index (κ2) is 7.40. The lowest BCUT2D eigenvalue weighted by Gasteiger charge is -2.26. The molecule has 7 nitrogen and oxygen atoms in total. The summed E-state index contributed by atoms with van der Waals surface area (Å²) >= 11 is 0. The van der Waals surface area contributed by atoms with Gasteiger partial charge in [-0.05, 0) is 69.7 Å².